The number of carboxylic acids is 1. The van der Waals surface area contributed by atoms with Gasteiger partial charge in [0, 0.05) is 46.5 Å². The van der Waals surface area contributed by atoms with Crippen LogP contribution in [-0.4, -0.2) is 333 Å². The molecule has 6 aliphatic heterocycles. The first-order valence-corrected chi connectivity index (χ1v) is 42.0. The molecule has 32 atom stereocenters. The van der Waals surface area contributed by atoms with Crippen LogP contribution in [0.15, 0.2) is 115 Å². The van der Waals surface area contributed by atoms with Crippen LogP contribution in [0.5, 0.6) is 0 Å². The van der Waals surface area contributed by atoms with Crippen LogP contribution in [0.4, 0.5) is 14.4 Å². The molecule has 8 aliphatic rings. The number of alkyl carbamates (subject to hydrolysis) is 3. The van der Waals surface area contributed by atoms with Crippen molar-refractivity contribution in [1.82, 2.24) is 26.6 Å². The van der Waals surface area contributed by atoms with Crippen molar-refractivity contribution in [1.29, 1.82) is 0 Å². The van der Waals surface area contributed by atoms with E-state index in [9.17, 15) is 69.9 Å². The molecule has 4 saturated heterocycles. The van der Waals surface area contributed by atoms with Crippen molar-refractivity contribution >= 4 is 36.1 Å². The molecular weight excluding hydrogens is 1790 g/mol. The molecule has 6 fully saturated rings. The number of hydrogen-bond acceptors (Lipinski definition) is 35. The summed E-state index contributed by atoms with van der Waals surface area (Å²) in [6.45, 7) is 5.43. The zero-order chi connectivity index (χ0) is 89.7. The third-order valence-electron chi connectivity index (χ3n) is 22.1. The second-order valence-corrected chi connectivity index (χ2v) is 31.6. The summed E-state index contributed by atoms with van der Waals surface area (Å²) >= 11 is 0. The van der Waals surface area contributed by atoms with Crippen molar-refractivity contribution in [3.63, 3.8) is 0 Å². The molecule has 128 heavy (non-hydrogen) atoms. The minimum atomic E-state index is -1.65. The fourth-order valence-corrected chi connectivity index (χ4v) is 15.2. The first kappa shape index (κ1) is 111. The monoisotopic (exact) mass is 1920 g/mol. The zero-order valence-electron chi connectivity index (χ0n) is 71.6. The van der Waals surface area contributed by atoms with Gasteiger partial charge in [0.25, 0.3) is 5.97 Å². The van der Waals surface area contributed by atoms with Crippen LogP contribution in [0, 0.1) is 5.92 Å². The van der Waals surface area contributed by atoms with Crippen molar-refractivity contribution in [2.45, 2.75) is 302 Å². The summed E-state index contributed by atoms with van der Waals surface area (Å²) in [6.07, 6.45) is -20.1. The largest absolute Gasteiger partial charge is 0.481 e. The van der Waals surface area contributed by atoms with Crippen LogP contribution in [-0.2, 0) is 126 Å². The molecule has 0 radical (unpaired) electrons. The Bertz CT molecular complexity index is 3780. The number of rotatable bonds is 35. The second kappa shape index (κ2) is 56.0. The van der Waals surface area contributed by atoms with Gasteiger partial charge < -0.3 is 194 Å². The maximum atomic E-state index is 13.5. The van der Waals surface area contributed by atoms with Crippen LogP contribution in [0.3, 0.4) is 0 Å². The van der Waals surface area contributed by atoms with Crippen molar-refractivity contribution < 1.29 is 188 Å². The van der Waals surface area contributed by atoms with Gasteiger partial charge in [-0.15, -0.1) is 0 Å². The number of nitrogens with one attached hydrogen (secondary N) is 5. The normalized spacial score (nSPS) is 33.9. The summed E-state index contributed by atoms with van der Waals surface area (Å²) in [5.74, 6) is -3.01. The summed E-state index contributed by atoms with van der Waals surface area (Å²) in [5, 5.41) is 119. The van der Waals surface area contributed by atoms with Gasteiger partial charge in [-0.05, 0) is 93.4 Å². The molecule has 2 saturated carbocycles. The van der Waals surface area contributed by atoms with E-state index in [2.05, 4.69) is 26.6 Å². The Kier molecular flexibility index (Phi) is 48.7. The van der Waals surface area contributed by atoms with Gasteiger partial charge in [0.05, 0.1) is 74.5 Å². The smallest absolute Gasteiger partial charge is 0.408 e. The van der Waals surface area contributed by atoms with Gasteiger partial charge >= 0.3 is 18.3 Å². The predicted octanol–water partition coefficient (Wildman–Crippen LogP) is -4.51. The Labute approximate surface area is 754 Å². The Balaban J connectivity index is 0.000000469. The van der Waals surface area contributed by atoms with Gasteiger partial charge in [0.15, 0.2) is 37.7 Å². The van der Waals surface area contributed by atoms with Crippen LogP contribution >= 0.6 is 0 Å². The summed E-state index contributed by atoms with van der Waals surface area (Å²) in [7, 11) is 0. The van der Waals surface area contributed by atoms with Gasteiger partial charge in [-0.25, -0.2) is 14.4 Å². The Morgan fingerprint density at radius 3 is 1.26 bits per heavy atom. The number of carbonyl (C=O) groups is 6. The molecule has 0 bridgehead atoms. The molecule has 0 spiro atoms. The maximum Gasteiger partial charge on any atom is 0.408 e. The van der Waals surface area contributed by atoms with Crippen molar-refractivity contribution in [2.75, 3.05) is 39.5 Å². The van der Waals surface area contributed by atoms with E-state index in [1.54, 1.807) is 43.4 Å². The molecule has 44 nitrogen and oxygen atoms in total. The van der Waals surface area contributed by atoms with Crippen LogP contribution in [0.25, 0.3) is 0 Å². The fourth-order valence-electron chi connectivity index (χ4n) is 15.2. The molecule has 3 aromatic carbocycles. The minimum absolute atomic E-state index is 0. The first-order valence-electron chi connectivity index (χ1n) is 42.0. The second-order valence-electron chi connectivity index (χ2n) is 31.6. The van der Waals surface area contributed by atoms with Gasteiger partial charge in [-0.3, -0.25) is 14.4 Å². The Morgan fingerprint density at radius 2 is 0.836 bits per heavy atom. The summed E-state index contributed by atoms with van der Waals surface area (Å²) in [6, 6.07) is 21.4. The number of aliphatic hydroxyl groups excluding tert-OH is 9. The molecule has 2 aliphatic carbocycles. The van der Waals surface area contributed by atoms with E-state index in [1.165, 1.54) is 0 Å². The third kappa shape index (κ3) is 32.7. The van der Waals surface area contributed by atoms with E-state index in [0.29, 0.717) is 38.5 Å². The zero-order valence-corrected chi connectivity index (χ0v) is 73.2. The quantitative estimate of drug-likeness (QED) is 0.0150. The molecule has 6 heterocycles. The molecule has 0 aromatic heterocycles. The van der Waals surface area contributed by atoms with E-state index < -0.39 is 239 Å². The van der Waals surface area contributed by atoms with E-state index in [4.69, 9.17) is 110 Å². The van der Waals surface area contributed by atoms with Gasteiger partial charge in [0.2, 0.25) is 11.8 Å². The van der Waals surface area contributed by atoms with E-state index in [1.807, 2.05) is 92.7 Å². The van der Waals surface area contributed by atoms with E-state index in [-0.39, 0.29) is 115 Å². The number of ether oxygens (including phenoxy) is 15. The number of nitrogens with two attached hydrogens (primary N) is 5. The molecule has 0 unspecified atom stereocenters. The SMILES string of the molecule is CC(=O)O.CC[C@H]1C=C[C@@H](NC(=O)OCc2ccccc2)[C@@H](O[C@H]2[C@@H](O)[C@H](O[C@@H]3[C@@H](O)[C@H](NC(=O)[C@@H](O)CCNC(=O)OCc4ccccc4)C[C@H](C)[C@H]3O[C@H]3O[C@H](CC)C=C[C@H]3NC(=O)OCc3ccccc3)O[C@@H]2CO)O1.NCC[C@H](O)C(=O)N[C@@H]1C[C@H](N)[C@@H](O[C@H]2O[C@H](CO)CC[C@H]2N)[C@H](O[C@@H]2O[C@H](CO)[C@@H](O[C@H]3O[C@@H](CN)CC[C@H]3N)[C@H]2O)[C@H]1O.O.O.O.[Pd]. The number of aliphatic hydroxyl groups is 9. The summed E-state index contributed by atoms with van der Waals surface area (Å²) < 4.78 is 90.1. The van der Waals surface area contributed by atoms with Crippen LogP contribution in [0.2, 0.25) is 0 Å². The Hall–Kier alpha value is -7.14. The Morgan fingerprint density at radius 1 is 0.453 bits per heavy atom. The molecule has 728 valence electrons. The average molecular weight is 1920 g/mol. The summed E-state index contributed by atoms with van der Waals surface area (Å²) in [4.78, 5) is 73.7. The standard InChI is InChI=1S/C54H70N4O17.C27H52N6O12.C2H4O2.3H2O.Pd/c1-4-36-21-23-38(57-53(65)68-30-34-17-11-7-12-18-34)49(70-36)73-45-32(3)27-40(56-48(63)41(60)25-26-55-52(64)67-29-33-15-9-6-10-16-33)43(61)47(45)75-51-44(62)46(42(28-59)72-51)74-50-39(24-22-37(5-2)71-50)58-54(66)69-31-35-19-13-8-14-20-35;28-6-5-17(36)24(39)33-16-7-15(32)21(43-26-14(31)4-2-12(9-34)41-26)23(19(16)37)45-27-20(38)22(18(10-35)42-27)44-25-13(30)3-1-11(8-29)40-25;1-2(3)4;;;;/h6-24,32,36-47,49-51,59-62H,4-5,25-31H2,1-3H3,(H,55,64)(H,56,63)(H,57,65)(H,58,66);11-23,25-27,34-38H,1-10,28-32H2,(H,33,39);1H3,(H,3,4);3*1H2;/t32-,36+,37-,38+,39+,40+,41-,42+,43-,44+,45+,46+,47+,49+,50+,51-;11-,12+,13-,14-,15+,16-,17+,18-,19+,20-,21-,22-,23-,25-,26-,27+;;;;;/m01...../s1. The number of hydrogen-bond donors (Lipinski definition) is 20. The molecule has 11 rings (SSSR count). The van der Waals surface area contributed by atoms with E-state index >= 15 is 0 Å². The third-order valence-corrected chi connectivity index (χ3v) is 22.1. The molecule has 5 amide bonds. The fraction of sp³-hybridized carbons (Fsp3) is 0.663. The molecule has 45 heteroatoms. The van der Waals surface area contributed by atoms with E-state index in [0.717, 1.165) is 23.6 Å². The first-order chi connectivity index (χ1) is 59.5. The summed E-state index contributed by atoms with van der Waals surface area (Å²) in [5.41, 5.74) is 32.5. The van der Waals surface area contributed by atoms with Crippen molar-refractivity contribution in [3.05, 3.63) is 132 Å². The number of carbonyl (C=O) groups excluding carboxylic acids is 5. The van der Waals surface area contributed by atoms with Crippen LogP contribution in [0.1, 0.15) is 109 Å². The molecule has 31 N–H and O–H groups in total. The minimum Gasteiger partial charge on any atom is -0.481 e. The predicted molar refractivity (Wildman–Crippen MR) is 445 cm³/mol. The van der Waals surface area contributed by atoms with Crippen molar-refractivity contribution in [3.8, 4) is 0 Å². The van der Waals surface area contributed by atoms with Gasteiger partial charge in [0.1, 0.15) is 111 Å². The van der Waals surface area contributed by atoms with Crippen molar-refractivity contribution in [2.24, 2.45) is 34.6 Å². The number of benzene rings is 3. The number of carboxylic acid groups (broad SMARTS) is 1. The topological polar surface area (TPSA) is 728 Å². The molecule has 3 aromatic rings. The van der Waals surface area contributed by atoms with Crippen LogP contribution < -0.4 is 55.3 Å². The number of aliphatic carboxylic acids is 1. The maximum absolute atomic E-state index is 13.5. The number of amides is 5. The van der Waals surface area contributed by atoms with Gasteiger partial charge in [-0.1, -0.05) is 136 Å². The van der Waals surface area contributed by atoms with Gasteiger partial charge in [-0.2, -0.15) is 0 Å². The average Bonchev–Trinajstić information content (AvgIpc) is 1.44. The molecular formula is C83H132N10O34Pd.